The lowest BCUT2D eigenvalue weighted by Crippen LogP contribution is -2.39. The van der Waals surface area contributed by atoms with Gasteiger partial charge in [-0.15, -0.1) is 0 Å². The van der Waals surface area contributed by atoms with E-state index in [1.54, 1.807) is 12.1 Å². The highest BCUT2D eigenvalue weighted by molar-refractivity contribution is 7.90. The van der Waals surface area contributed by atoms with E-state index in [2.05, 4.69) is 26.9 Å². The van der Waals surface area contributed by atoms with E-state index in [1.807, 2.05) is 12.4 Å². The normalized spacial score (nSPS) is 15.0. The SMILES string of the molecule is CCc1cnc(N2CCC(Oc3cnn(-c4ccc(S(C)(=O)=O)cc4)c(=O)c3)CC2)nc1. The number of ether oxygens (including phenoxy) is 1. The van der Waals surface area contributed by atoms with Crippen molar-refractivity contribution < 1.29 is 13.2 Å². The summed E-state index contributed by atoms with van der Waals surface area (Å²) >= 11 is 0. The molecule has 1 aliphatic rings. The number of hydrogen-bond acceptors (Lipinski definition) is 8. The highest BCUT2D eigenvalue weighted by Gasteiger charge is 2.22. The van der Waals surface area contributed by atoms with Crippen LogP contribution in [0.2, 0.25) is 0 Å². The van der Waals surface area contributed by atoms with Crippen LogP contribution >= 0.6 is 0 Å². The minimum absolute atomic E-state index is 0.0211. The maximum Gasteiger partial charge on any atom is 0.275 e. The topological polar surface area (TPSA) is 107 Å². The first-order chi connectivity index (χ1) is 15.3. The van der Waals surface area contributed by atoms with Crippen LogP contribution in [0.3, 0.4) is 0 Å². The Bertz CT molecular complexity index is 1230. The molecule has 3 heterocycles. The molecule has 32 heavy (non-hydrogen) atoms. The molecule has 3 aromatic rings. The summed E-state index contributed by atoms with van der Waals surface area (Å²) < 4.78 is 30.4. The van der Waals surface area contributed by atoms with Gasteiger partial charge in [0, 0.05) is 50.6 Å². The van der Waals surface area contributed by atoms with Crippen molar-refractivity contribution in [2.75, 3.05) is 24.2 Å². The molecular formula is C22H25N5O4S. The molecule has 0 radical (unpaired) electrons. The van der Waals surface area contributed by atoms with Crippen molar-refractivity contribution in [3.05, 3.63) is 64.8 Å². The fourth-order valence-corrected chi connectivity index (χ4v) is 4.17. The molecule has 2 aromatic heterocycles. The fraction of sp³-hybridized carbons (Fsp3) is 0.364. The Morgan fingerprint density at radius 3 is 2.28 bits per heavy atom. The predicted molar refractivity (Wildman–Crippen MR) is 120 cm³/mol. The van der Waals surface area contributed by atoms with Gasteiger partial charge in [0.15, 0.2) is 9.84 Å². The third-order valence-corrected chi connectivity index (χ3v) is 6.54. The number of hydrogen-bond donors (Lipinski definition) is 0. The number of sulfone groups is 1. The van der Waals surface area contributed by atoms with E-state index in [-0.39, 0.29) is 16.6 Å². The second-order valence-corrected chi connectivity index (χ2v) is 9.77. The van der Waals surface area contributed by atoms with Gasteiger partial charge in [0.1, 0.15) is 11.9 Å². The molecule has 10 heteroatoms. The minimum atomic E-state index is -3.30. The lowest BCUT2D eigenvalue weighted by Gasteiger charge is -2.32. The van der Waals surface area contributed by atoms with Crippen molar-refractivity contribution in [2.45, 2.75) is 37.2 Å². The van der Waals surface area contributed by atoms with Gasteiger partial charge in [-0.25, -0.2) is 18.4 Å². The van der Waals surface area contributed by atoms with Crippen molar-refractivity contribution >= 4 is 15.8 Å². The summed E-state index contributed by atoms with van der Waals surface area (Å²) in [6.45, 7) is 3.61. The second-order valence-electron chi connectivity index (χ2n) is 7.76. The standard InChI is InChI=1S/C22H25N5O4S/c1-3-16-13-23-22(24-14-16)26-10-8-18(9-11-26)31-19-12-21(28)27(25-15-19)17-4-6-20(7-5-17)32(2,29)30/h4-7,12-15,18H,3,8-11H2,1-2H3. The molecule has 9 nitrogen and oxygen atoms in total. The molecule has 1 fully saturated rings. The summed E-state index contributed by atoms with van der Waals surface area (Å²) in [4.78, 5) is 23.7. The van der Waals surface area contributed by atoms with E-state index in [9.17, 15) is 13.2 Å². The van der Waals surface area contributed by atoms with Crippen molar-refractivity contribution in [1.82, 2.24) is 19.7 Å². The Morgan fingerprint density at radius 1 is 1.06 bits per heavy atom. The molecule has 0 aliphatic carbocycles. The van der Waals surface area contributed by atoms with Gasteiger partial charge in [-0.1, -0.05) is 6.92 Å². The van der Waals surface area contributed by atoms with Crippen LogP contribution in [-0.4, -0.2) is 53.6 Å². The van der Waals surface area contributed by atoms with Gasteiger partial charge in [0.05, 0.1) is 16.8 Å². The summed E-state index contributed by atoms with van der Waals surface area (Å²) in [6.07, 6.45) is 8.83. The molecule has 1 aliphatic heterocycles. The summed E-state index contributed by atoms with van der Waals surface area (Å²) in [5, 5.41) is 4.18. The molecule has 4 rings (SSSR count). The van der Waals surface area contributed by atoms with Crippen LogP contribution in [0.15, 0.2) is 58.6 Å². The summed E-state index contributed by atoms with van der Waals surface area (Å²) in [6, 6.07) is 7.41. The average molecular weight is 456 g/mol. The third kappa shape index (κ3) is 4.96. The Labute approximate surface area is 186 Å². The van der Waals surface area contributed by atoms with Gasteiger partial charge < -0.3 is 9.64 Å². The Hall–Kier alpha value is -3.27. The largest absolute Gasteiger partial charge is 0.488 e. The fourth-order valence-electron chi connectivity index (χ4n) is 3.54. The zero-order valence-electron chi connectivity index (χ0n) is 18.0. The molecule has 0 spiro atoms. The molecule has 0 unspecified atom stereocenters. The number of nitrogens with zero attached hydrogens (tertiary/aromatic N) is 5. The van der Waals surface area contributed by atoms with Crippen LogP contribution in [0.1, 0.15) is 25.3 Å². The number of piperidine rings is 1. The predicted octanol–water partition coefficient (Wildman–Crippen LogP) is 2.04. The zero-order valence-corrected chi connectivity index (χ0v) is 18.8. The van der Waals surface area contributed by atoms with Crippen LogP contribution in [0.5, 0.6) is 5.75 Å². The maximum absolute atomic E-state index is 12.5. The molecule has 0 atom stereocenters. The van der Waals surface area contributed by atoms with Gasteiger partial charge in [0.25, 0.3) is 5.56 Å². The highest BCUT2D eigenvalue weighted by Crippen LogP contribution is 2.20. The van der Waals surface area contributed by atoms with Crippen LogP contribution in [0.25, 0.3) is 5.69 Å². The van der Waals surface area contributed by atoms with Crippen LogP contribution in [-0.2, 0) is 16.3 Å². The van der Waals surface area contributed by atoms with Gasteiger partial charge in [0.2, 0.25) is 5.95 Å². The average Bonchev–Trinajstić information content (AvgIpc) is 2.79. The third-order valence-electron chi connectivity index (χ3n) is 5.41. The van der Waals surface area contributed by atoms with E-state index < -0.39 is 9.84 Å². The van der Waals surface area contributed by atoms with Crippen molar-refractivity contribution in [2.24, 2.45) is 0 Å². The zero-order chi connectivity index (χ0) is 22.7. The number of rotatable bonds is 6. The van der Waals surface area contributed by atoms with Crippen LogP contribution in [0, 0.1) is 0 Å². The van der Waals surface area contributed by atoms with E-state index in [0.29, 0.717) is 11.4 Å². The first-order valence-corrected chi connectivity index (χ1v) is 12.3. The summed E-state index contributed by atoms with van der Waals surface area (Å²) in [5.74, 6) is 1.15. The molecular weight excluding hydrogens is 430 g/mol. The second kappa shape index (κ2) is 9.07. The van der Waals surface area contributed by atoms with Crippen molar-refractivity contribution in [1.29, 1.82) is 0 Å². The highest BCUT2D eigenvalue weighted by atomic mass is 32.2. The summed E-state index contributed by atoms with van der Waals surface area (Å²) in [7, 11) is -3.30. The molecule has 0 bridgehead atoms. The molecule has 0 N–H and O–H groups in total. The number of anilines is 1. The smallest absolute Gasteiger partial charge is 0.275 e. The number of aryl methyl sites for hydroxylation is 1. The Balaban J connectivity index is 1.38. The van der Waals surface area contributed by atoms with Crippen molar-refractivity contribution in [3.63, 3.8) is 0 Å². The Morgan fingerprint density at radius 2 is 1.72 bits per heavy atom. The molecule has 0 amide bonds. The molecule has 1 saturated heterocycles. The van der Waals surface area contributed by atoms with Crippen LogP contribution < -0.4 is 15.2 Å². The Kier molecular flexibility index (Phi) is 6.22. The number of benzene rings is 1. The van der Waals surface area contributed by atoms with E-state index in [1.165, 1.54) is 29.1 Å². The van der Waals surface area contributed by atoms with E-state index >= 15 is 0 Å². The van der Waals surface area contributed by atoms with Crippen LogP contribution in [0.4, 0.5) is 5.95 Å². The first kappa shape index (κ1) is 21.9. The van der Waals surface area contributed by atoms with Gasteiger partial charge >= 0.3 is 0 Å². The minimum Gasteiger partial charge on any atom is -0.488 e. The lowest BCUT2D eigenvalue weighted by molar-refractivity contribution is 0.169. The first-order valence-electron chi connectivity index (χ1n) is 10.5. The summed E-state index contributed by atoms with van der Waals surface area (Å²) in [5.41, 5.74) is 1.24. The lowest BCUT2D eigenvalue weighted by atomic mass is 10.1. The van der Waals surface area contributed by atoms with Crippen molar-refractivity contribution in [3.8, 4) is 11.4 Å². The van der Waals surface area contributed by atoms with E-state index in [0.717, 1.165) is 50.1 Å². The maximum atomic E-state index is 12.5. The monoisotopic (exact) mass is 455 g/mol. The number of aromatic nitrogens is 4. The molecule has 168 valence electrons. The van der Waals surface area contributed by atoms with Gasteiger partial charge in [-0.3, -0.25) is 4.79 Å². The molecule has 0 saturated carbocycles. The quantitative estimate of drug-likeness (QED) is 0.556. The molecule has 1 aromatic carbocycles. The van der Waals surface area contributed by atoms with Gasteiger partial charge in [-0.2, -0.15) is 9.78 Å². The van der Waals surface area contributed by atoms with Gasteiger partial charge in [-0.05, 0) is 36.2 Å². The van der Waals surface area contributed by atoms with E-state index in [4.69, 9.17) is 4.74 Å².